The number of hydrogen-bond acceptors (Lipinski definition) is 5. The quantitative estimate of drug-likeness (QED) is 0.649. The van der Waals surface area contributed by atoms with E-state index in [1.54, 1.807) is 26.2 Å². The van der Waals surface area contributed by atoms with Crippen molar-refractivity contribution in [2.45, 2.75) is 25.1 Å². The van der Waals surface area contributed by atoms with Gasteiger partial charge in [-0.05, 0) is 12.0 Å². The molecule has 0 spiro atoms. The van der Waals surface area contributed by atoms with Crippen LogP contribution in [-0.2, 0) is 11.3 Å². The summed E-state index contributed by atoms with van der Waals surface area (Å²) in [6.45, 7) is 0.917. The second kappa shape index (κ2) is 6.19. The van der Waals surface area contributed by atoms with Crippen LogP contribution in [0, 0.1) is 10.1 Å². The molecule has 7 heteroatoms. The lowest BCUT2D eigenvalue weighted by atomic mass is 10.1. The van der Waals surface area contributed by atoms with Crippen LogP contribution in [0.2, 0.25) is 0 Å². The summed E-state index contributed by atoms with van der Waals surface area (Å²) < 4.78 is 0. The van der Waals surface area contributed by atoms with E-state index in [1.165, 1.54) is 17.0 Å². The van der Waals surface area contributed by atoms with E-state index in [2.05, 4.69) is 0 Å². The monoisotopic (exact) mass is 293 g/mol. The number of nitrogens with zero attached hydrogens (tertiary/aromatic N) is 3. The van der Waals surface area contributed by atoms with Crippen molar-refractivity contribution in [3.05, 3.63) is 39.9 Å². The first kappa shape index (κ1) is 15.4. The zero-order valence-corrected chi connectivity index (χ0v) is 12.1. The number of likely N-dealkylation sites (N-methyl/N-ethyl adjacent to an activating group) is 1. The number of aliphatic hydroxyl groups excluding tert-OH is 1. The highest BCUT2D eigenvalue weighted by molar-refractivity contribution is 5.81. The van der Waals surface area contributed by atoms with Gasteiger partial charge in [-0.25, -0.2) is 0 Å². The fraction of sp³-hybridized carbons (Fsp3) is 0.500. The number of nitro benzene ring substituents is 1. The van der Waals surface area contributed by atoms with Gasteiger partial charge in [-0.1, -0.05) is 12.1 Å². The first-order chi connectivity index (χ1) is 9.88. The van der Waals surface area contributed by atoms with Gasteiger partial charge < -0.3 is 10.0 Å². The summed E-state index contributed by atoms with van der Waals surface area (Å²) in [4.78, 5) is 25.7. The Hall–Kier alpha value is -1.99. The number of nitro groups is 1. The van der Waals surface area contributed by atoms with Crippen LogP contribution in [0.25, 0.3) is 0 Å². The predicted octanol–water partition coefficient (Wildman–Crippen LogP) is 0.618. The third-order valence-electron chi connectivity index (χ3n) is 3.64. The van der Waals surface area contributed by atoms with Gasteiger partial charge in [0.05, 0.1) is 17.1 Å². The van der Waals surface area contributed by atoms with Crippen LogP contribution in [0.1, 0.15) is 12.0 Å². The largest absolute Gasteiger partial charge is 0.392 e. The van der Waals surface area contributed by atoms with Crippen LogP contribution in [0.3, 0.4) is 0 Å². The predicted molar refractivity (Wildman–Crippen MR) is 76.6 cm³/mol. The fourth-order valence-corrected chi connectivity index (χ4v) is 2.57. The number of β-amino-alcohol motifs (C(OH)–C–C–N with tert-alkyl or cyclic N) is 1. The molecule has 1 aromatic carbocycles. The number of benzene rings is 1. The molecule has 1 aliphatic heterocycles. The standard InChI is InChI=1S/C14H19N3O4/c1-15(2)14(19)13-7-12(18)9-16(13)8-10-3-5-11(6-4-10)17(20)21/h3-6,12-13,18H,7-9H2,1-2H3/t12-,13+/m1/s1. The molecule has 0 bridgehead atoms. The molecular formula is C14H19N3O4. The van der Waals surface area contributed by atoms with Crippen molar-refractivity contribution < 1.29 is 14.8 Å². The van der Waals surface area contributed by atoms with Gasteiger partial charge in [-0.2, -0.15) is 0 Å². The number of non-ortho nitro benzene ring substituents is 1. The molecule has 1 aliphatic rings. The molecule has 21 heavy (non-hydrogen) atoms. The summed E-state index contributed by atoms with van der Waals surface area (Å²) in [5.74, 6) is -0.0338. The molecule has 0 saturated carbocycles. The third-order valence-corrected chi connectivity index (χ3v) is 3.64. The minimum atomic E-state index is -0.517. The molecule has 2 rings (SSSR count). The molecule has 2 atom stereocenters. The zero-order valence-electron chi connectivity index (χ0n) is 12.1. The van der Waals surface area contributed by atoms with Gasteiger partial charge in [0.15, 0.2) is 0 Å². The summed E-state index contributed by atoms with van der Waals surface area (Å²) in [7, 11) is 3.38. The average molecular weight is 293 g/mol. The highest BCUT2D eigenvalue weighted by Gasteiger charge is 2.36. The summed E-state index contributed by atoms with van der Waals surface area (Å²) in [6, 6.07) is 5.92. The first-order valence-electron chi connectivity index (χ1n) is 6.75. The van der Waals surface area contributed by atoms with Crippen LogP contribution in [-0.4, -0.2) is 58.5 Å². The van der Waals surface area contributed by atoms with Crippen molar-refractivity contribution in [1.29, 1.82) is 0 Å². The van der Waals surface area contributed by atoms with Crippen molar-refractivity contribution >= 4 is 11.6 Å². The number of rotatable bonds is 4. The maximum absolute atomic E-state index is 12.1. The maximum Gasteiger partial charge on any atom is 0.269 e. The number of hydrogen-bond donors (Lipinski definition) is 1. The van der Waals surface area contributed by atoms with Crippen molar-refractivity contribution in [2.24, 2.45) is 0 Å². The highest BCUT2D eigenvalue weighted by Crippen LogP contribution is 2.22. The molecule has 0 aliphatic carbocycles. The van der Waals surface area contributed by atoms with E-state index in [0.717, 1.165) is 5.56 Å². The Morgan fingerprint density at radius 3 is 2.57 bits per heavy atom. The minimum absolute atomic E-state index is 0.0338. The molecule has 1 saturated heterocycles. The van der Waals surface area contributed by atoms with Crippen molar-refractivity contribution in [1.82, 2.24) is 9.80 Å². The second-order valence-electron chi connectivity index (χ2n) is 5.49. The average Bonchev–Trinajstić information content (AvgIpc) is 2.79. The molecule has 0 unspecified atom stereocenters. The lowest BCUT2D eigenvalue weighted by Gasteiger charge is -2.25. The van der Waals surface area contributed by atoms with E-state index in [4.69, 9.17) is 0 Å². The van der Waals surface area contributed by atoms with Crippen molar-refractivity contribution in [2.75, 3.05) is 20.6 Å². The summed E-state index contributed by atoms with van der Waals surface area (Å²) in [6.07, 6.45) is -0.0961. The minimum Gasteiger partial charge on any atom is -0.392 e. The Morgan fingerprint density at radius 1 is 1.43 bits per heavy atom. The Morgan fingerprint density at radius 2 is 2.05 bits per heavy atom. The third kappa shape index (κ3) is 3.56. The van der Waals surface area contributed by atoms with Gasteiger partial charge in [-0.3, -0.25) is 19.8 Å². The van der Waals surface area contributed by atoms with Crippen molar-refractivity contribution in [3.63, 3.8) is 0 Å². The molecular weight excluding hydrogens is 274 g/mol. The number of aliphatic hydroxyl groups is 1. The smallest absolute Gasteiger partial charge is 0.269 e. The normalized spacial score (nSPS) is 22.2. The molecule has 1 amide bonds. The fourth-order valence-electron chi connectivity index (χ4n) is 2.57. The number of amides is 1. The lowest BCUT2D eigenvalue weighted by Crippen LogP contribution is -2.42. The van der Waals surface area contributed by atoms with Crippen LogP contribution in [0.5, 0.6) is 0 Å². The Labute approximate surface area is 122 Å². The topological polar surface area (TPSA) is 86.9 Å². The highest BCUT2D eigenvalue weighted by atomic mass is 16.6. The van der Waals surface area contributed by atoms with Gasteiger partial charge >= 0.3 is 0 Å². The molecule has 1 N–H and O–H groups in total. The van der Waals surface area contributed by atoms with E-state index in [1.807, 2.05) is 4.90 Å². The zero-order chi connectivity index (χ0) is 15.6. The van der Waals surface area contributed by atoms with Gasteiger partial charge in [-0.15, -0.1) is 0 Å². The van der Waals surface area contributed by atoms with E-state index >= 15 is 0 Å². The first-order valence-corrected chi connectivity index (χ1v) is 6.75. The van der Waals surface area contributed by atoms with E-state index < -0.39 is 11.0 Å². The molecule has 7 nitrogen and oxygen atoms in total. The van der Waals surface area contributed by atoms with E-state index in [9.17, 15) is 20.0 Å². The molecule has 114 valence electrons. The Kier molecular flexibility index (Phi) is 4.54. The lowest BCUT2D eigenvalue weighted by molar-refractivity contribution is -0.384. The van der Waals surface area contributed by atoms with Gasteiger partial charge in [0.25, 0.3) is 5.69 Å². The van der Waals surface area contributed by atoms with E-state index in [0.29, 0.717) is 19.5 Å². The van der Waals surface area contributed by atoms with Crippen LogP contribution in [0.4, 0.5) is 5.69 Å². The van der Waals surface area contributed by atoms with Crippen LogP contribution in [0.15, 0.2) is 24.3 Å². The number of likely N-dealkylation sites (tertiary alicyclic amines) is 1. The molecule has 1 heterocycles. The Balaban J connectivity index is 2.09. The van der Waals surface area contributed by atoms with Crippen LogP contribution < -0.4 is 0 Å². The second-order valence-corrected chi connectivity index (χ2v) is 5.49. The summed E-state index contributed by atoms with van der Waals surface area (Å²) in [5.41, 5.74) is 0.924. The molecule has 1 aromatic rings. The van der Waals surface area contributed by atoms with Gasteiger partial charge in [0.2, 0.25) is 5.91 Å². The molecule has 0 radical (unpaired) electrons. The van der Waals surface area contributed by atoms with Crippen LogP contribution >= 0.6 is 0 Å². The molecule has 1 fully saturated rings. The van der Waals surface area contributed by atoms with Gasteiger partial charge in [0.1, 0.15) is 0 Å². The van der Waals surface area contributed by atoms with E-state index in [-0.39, 0.29) is 17.6 Å². The molecule has 0 aromatic heterocycles. The Bertz CT molecular complexity index is 530. The number of carbonyl (C=O) groups excluding carboxylic acids is 1. The van der Waals surface area contributed by atoms with Crippen molar-refractivity contribution in [3.8, 4) is 0 Å². The van der Waals surface area contributed by atoms with Gasteiger partial charge in [0, 0.05) is 39.3 Å². The summed E-state index contributed by atoms with van der Waals surface area (Å²) in [5, 5.41) is 20.4. The number of carbonyl (C=O) groups is 1. The summed E-state index contributed by atoms with van der Waals surface area (Å²) >= 11 is 0. The SMILES string of the molecule is CN(C)C(=O)[C@@H]1C[C@@H](O)CN1Cc1ccc([N+](=O)[O-])cc1. The maximum atomic E-state index is 12.1.